The van der Waals surface area contributed by atoms with Gasteiger partial charge in [-0.2, -0.15) is 0 Å². The van der Waals surface area contributed by atoms with E-state index in [4.69, 9.17) is 26.6 Å². The first-order valence-corrected chi connectivity index (χ1v) is 17.7. The van der Waals surface area contributed by atoms with Gasteiger partial charge in [-0.05, 0) is 80.4 Å². The van der Waals surface area contributed by atoms with Gasteiger partial charge >= 0.3 is 17.6 Å². The van der Waals surface area contributed by atoms with Crippen molar-refractivity contribution < 1.29 is 26.6 Å². The van der Waals surface area contributed by atoms with Crippen LogP contribution in [0.2, 0.25) is 12.1 Å². The molecule has 35 heavy (non-hydrogen) atoms. The van der Waals surface area contributed by atoms with Crippen molar-refractivity contribution >= 4 is 23.9 Å². The first kappa shape index (κ1) is 32.7. The minimum atomic E-state index is -2.61. The Morgan fingerprint density at radius 1 is 0.657 bits per heavy atom. The smallest absolute Gasteiger partial charge is 0.374 e. The summed E-state index contributed by atoms with van der Waals surface area (Å²) in [6, 6.07) is 1.68. The van der Waals surface area contributed by atoms with Crippen molar-refractivity contribution in [1.82, 2.24) is 9.80 Å². The molecule has 0 unspecified atom stereocenters. The maximum atomic E-state index is 6.06. The Hall–Kier alpha value is -0.376. The molecule has 1 rings (SSSR count). The van der Waals surface area contributed by atoms with Crippen LogP contribution >= 0.6 is 0 Å². The van der Waals surface area contributed by atoms with E-state index in [1.54, 1.807) is 0 Å². The van der Waals surface area contributed by atoms with Gasteiger partial charge in [-0.1, -0.05) is 0 Å². The average molecular weight is 536 g/mol. The summed E-state index contributed by atoms with van der Waals surface area (Å²) in [6.45, 7) is 21.8. The van der Waals surface area contributed by atoms with E-state index < -0.39 is 17.6 Å². The first-order valence-electron chi connectivity index (χ1n) is 13.8. The van der Waals surface area contributed by atoms with Crippen LogP contribution in [0.15, 0.2) is 4.99 Å². The molecule has 208 valence electrons. The third kappa shape index (κ3) is 13.1. The molecular weight excluding hydrogens is 482 g/mol. The highest BCUT2D eigenvalue weighted by molar-refractivity contribution is 6.61. The molecule has 0 bridgehead atoms. The van der Waals surface area contributed by atoms with Crippen LogP contribution in [0.4, 0.5) is 0 Å². The van der Waals surface area contributed by atoms with E-state index in [2.05, 4.69) is 14.8 Å². The lowest BCUT2D eigenvalue weighted by atomic mass is 10.3. The summed E-state index contributed by atoms with van der Waals surface area (Å²) >= 11 is 0. The fourth-order valence-electron chi connectivity index (χ4n) is 4.46. The molecule has 0 aromatic rings. The van der Waals surface area contributed by atoms with Gasteiger partial charge < -0.3 is 36.4 Å². The standard InChI is InChI=1S/C24H53N3O6Si2/c1-7-28-34(29-8-2,30-9-3)22-14-19-26(17-13-18-27-21-16-25-24-27)20-15-23-35(31-10-4,32-11-5)33-12-6/h24H,7-23H2,1-6H3. The van der Waals surface area contributed by atoms with Gasteiger partial charge in [-0.25, -0.2) is 0 Å². The lowest BCUT2D eigenvalue weighted by molar-refractivity contribution is 0.0692. The van der Waals surface area contributed by atoms with E-state index in [0.717, 1.165) is 70.6 Å². The van der Waals surface area contributed by atoms with E-state index in [9.17, 15) is 0 Å². The summed E-state index contributed by atoms with van der Waals surface area (Å²) in [7, 11) is -5.23. The largest absolute Gasteiger partial charge is 0.500 e. The van der Waals surface area contributed by atoms with E-state index in [1.807, 2.05) is 47.9 Å². The van der Waals surface area contributed by atoms with E-state index in [0.29, 0.717) is 39.6 Å². The number of nitrogens with zero attached hydrogens (tertiary/aromatic N) is 3. The monoisotopic (exact) mass is 535 g/mol. The first-order chi connectivity index (χ1) is 17.0. The molecule has 0 N–H and O–H groups in total. The van der Waals surface area contributed by atoms with E-state index >= 15 is 0 Å². The fourth-order valence-corrected chi connectivity index (χ4v) is 9.65. The van der Waals surface area contributed by atoms with Gasteiger partial charge in [0.1, 0.15) is 0 Å². The zero-order valence-electron chi connectivity index (χ0n) is 23.4. The van der Waals surface area contributed by atoms with Crippen molar-refractivity contribution in [2.75, 3.05) is 78.9 Å². The van der Waals surface area contributed by atoms with Crippen LogP contribution < -0.4 is 0 Å². The molecule has 9 nitrogen and oxygen atoms in total. The molecule has 0 aromatic heterocycles. The van der Waals surface area contributed by atoms with Gasteiger partial charge in [-0.3, -0.25) is 4.99 Å². The fraction of sp³-hybridized carbons (Fsp3) is 0.958. The summed E-state index contributed by atoms with van der Waals surface area (Å²) in [5.74, 6) is 0. The molecule has 0 aliphatic carbocycles. The topological polar surface area (TPSA) is 74.2 Å². The number of aliphatic imine (C=N–C) groups is 1. The third-order valence-electron chi connectivity index (χ3n) is 5.78. The molecule has 0 amide bonds. The molecule has 0 spiro atoms. The number of rotatable bonds is 24. The van der Waals surface area contributed by atoms with Gasteiger partial charge in [0.15, 0.2) is 0 Å². The Morgan fingerprint density at radius 2 is 1.06 bits per heavy atom. The molecule has 0 aromatic carbocycles. The second-order valence-electron chi connectivity index (χ2n) is 8.42. The van der Waals surface area contributed by atoms with Gasteiger partial charge in [0.05, 0.1) is 12.9 Å². The lowest BCUT2D eigenvalue weighted by Gasteiger charge is -2.31. The molecule has 0 radical (unpaired) electrons. The molecule has 0 saturated heterocycles. The molecular formula is C24H53N3O6Si2. The Labute approximate surface area is 217 Å². The van der Waals surface area contributed by atoms with E-state index in [1.165, 1.54) is 0 Å². The number of hydrogen-bond donors (Lipinski definition) is 0. The predicted octanol–water partition coefficient (Wildman–Crippen LogP) is 3.90. The van der Waals surface area contributed by atoms with Crippen LogP contribution in [0.3, 0.4) is 0 Å². The zero-order chi connectivity index (χ0) is 25.8. The van der Waals surface area contributed by atoms with Crippen molar-refractivity contribution in [1.29, 1.82) is 0 Å². The van der Waals surface area contributed by atoms with Crippen LogP contribution in [0.1, 0.15) is 60.8 Å². The Kier molecular flexibility index (Phi) is 18.4. The summed E-state index contributed by atoms with van der Waals surface area (Å²) in [5, 5.41) is 0. The minimum absolute atomic E-state index is 0.617. The van der Waals surface area contributed by atoms with Gasteiger partial charge in [0.2, 0.25) is 0 Å². The molecule has 0 fully saturated rings. The quantitative estimate of drug-likeness (QED) is 0.172. The summed E-state index contributed by atoms with van der Waals surface area (Å²) in [5.41, 5.74) is 0. The van der Waals surface area contributed by atoms with Crippen LogP contribution in [0.5, 0.6) is 0 Å². The maximum Gasteiger partial charge on any atom is 0.500 e. The number of hydrogen-bond acceptors (Lipinski definition) is 9. The highest BCUT2D eigenvalue weighted by atomic mass is 28.4. The molecule has 0 saturated carbocycles. The van der Waals surface area contributed by atoms with Gasteiger partial charge in [0.25, 0.3) is 0 Å². The molecule has 1 heterocycles. The second kappa shape index (κ2) is 19.7. The van der Waals surface area contributed by atoms with Crippen molar-refractivity contribution in [3.8, 4) is 0 Å². The summed E-state index contributed by atoms with van der Waals surface area (Å²) < 4.78 is 36.3. The van der Waals surface area contributed by atoms with Crippen molar-refractivity contribution in [2.45, 2.75) is 72.9 Å². The van der Waals surface area contributed by atoms with Crippen LogP contribution in [-0.2, 0) is 26.6 Å². The summed E-state index contributed by atoms with van der Waals surface area (Å²) in [4.78, 5) is 9.20. The minimum Gasteiger partial charge on any atom is -0.374 e. The summed E-state index contributed by atoms with van der Waals surface area (Å²) in [6.07, 6.45) is 5.08. The van der Waals surface area contributed by atoms with Crippen molar-refractivity contribution in [2.24, 2.45) is 4.99 Å². The van der Waals surface area contributed by atoms with Gasteiger partial charge in [0, 0.05) is 64.8 Å². The molecule has 0 atom stereocenters. The highest BCUT2D eigenvalue weighted by Crippen LogP contribution is 2.21. The molecule has 1 aliphatic heterocycles. The lowest BCUT2D eigenvalue weighted by Crippen LogP contribution is -2.47. The Balaban J connectivity index is 2.71. The normalized spacial score (nSPS) is 14.5. The van der Waals surface area contributed by atoms with Crippen LogP contribution in [0, 0.1) is 0 Å². The average Bonchev–Trinajstić information content (AvgIpc) is 3.33. The maximum absolute atomic E-state index is 6.06. The second-order valence-corrected chi connectivity index (χ2v) is 13.9. The van der Waals surface area contributed by atoms with Crippen molar-refractivity contribution in [3.05, 3.63) is 0 Å². The predicted molar refractivity (Wildman–Crippen MR) is 146 cm³/mol. The third-order valence-corrected chi connectivity index (χ3v) is 12.1. The Morgan fingerprint density at radius 3 is 1.40 bits per heavy atom. The SMILES string of the molecule is CCO[Si](CCCN(CCCN1C=NCC1)CCC[Si](OCC)(OCC)OCC)(OCC)OCC. The molecule has 11 heteroatoms. The zero-order valence-corrected chi connectivity index (χ0v) is 25.4. The van der Waals surface area contributed by atoms with E-state index in [-0.39, 0.29) is 0 Å². The van der Waals surface area contributed by atoms with Crippen LogP contribution in [0.25, 0.3) is 0 Å². The molecule has 1 aliphatic rings. The van der Waals surface area contributed by atoms with Crippen molar-refractivity contribution in [3.63, 3.8) is 0 Å². The van der Waals surface area contributed by atoms with Gasteiger partial charge in [-0.15, -0.1) is 0 Å². The van der Waals surface area contributed by atoms with Crippen LogP contribution in [-0.4, -0.2) is 113 Å². The highest BCUT2D eigenvalue weighted by Gasteiger charge is 2.41. The Bertz CT molecular complexity index is 481.